The number of benzene rings is 3. The Morgan fingerprint density at radius 3 is 2.48 bits per heavy atom. The Bertz CT molecular complexity index is 1060. The van der Waals surface area contributed by atoms with Crippen molar-refractivity contribution >= 4 is 5.97 Å². The molecule has 4 rings (SSSR count). The number of rotatable bonds is 4. The summed E-state index contributed by atoms with van der Waals surface area (Å²) in [5.41, 5.74) is 8.48. The molecule has 148 valence electrons. The molecule has 3 N–H and O–H groups in total. The number of ether oxygens (including phenoxy) is 1. The number of carbonyl (C=O) groups is 1. The van der Waals surface area contributed by atoms with Crippen molar-refractivity contribution in [3.8, 4) is 22.6 Å². The molecule has 0 saturated carbocycles. The van der Waals surface area contributed by atoms with Crippen LogP contribution >= 0.6 is 0 Å². The zero-order valence-electron chi connectivity index (χ0n) is 15.4. The van der Waals surface area contributed by atoms with Crippen molar-refractivity contribution in [2.75, 3.05) is 0 Å². The van der Waals surface area contributed by atoms with Gasteiger partial charge in [-0.2, -0.15) is 0 Å². The third kappa shape index (κ3) is 3.84. The number of aliphatic carboxylic acids is 1. The van der Waals surface area contributed by atoms with E-state index < -0.39 is 29.6 Å². The highest BCUT2D eigenvalue weighted by Crippen LogP contribution is 2.37. The summed E-state index contributed by atoms with van der Waals surface area (Å²) < 4.78 is 33.3. The van der Waals surface area contributed by atoms with Crippen molar-refractivity contribution in [1.29, 1.82) is 0 Å². The summed E-state index contributed by atoms with van der Waals surface area (Å²) in [6.45, 7) is 0. The second-order valence-corrected chi connectivity index (χ2v) is 7.14. The molecule has 0 heterocycles. The van der Waals surface area contributed by atoms with E-state index in [2.05, 4.69) is 0 Å². The molecule has 0 aliphatic heterocycles. The molecule has 1 aliphatic rings. The largest absolute Gasteiger partial charge is 0.481 e. The van der Waals surface area contributed by atoms with Crippen LogP contribution in [0.15, 0.2) is 60.7 Å². The molecule has 0 spiro atoms. The molecule has 0 bridgehead atoms. The topological polar surface area (TPSA) is 72.5 Å². The van der Waals surface area contributed by atoms with Crippen molar-refractivity contribution in [3.63, 3.8) is 0 Å². The van der Waals surface area contributed by atoms with Crippen molar-refractivity contribution in [3.05, 3.63) is 83.4 Å². The summed E-state index contributed by atoms with van der Waals surface area (Å²) in [6, 6.07) is 15.0. The summed E-state index contributed by atoms with van der Waals surface area (Å²) >= 11 is 0. The fourth-order valence-corrected chi connectivity index (χ4v) is 3.82. The second kappa shape index (κ2) is 7.64. The lowest BCUT2D eigenvalue weighted by Gasteiger charge is -2.28. The minimum absolute atomic E-state index is 0.349. The van der Waals surface area contributed by atoms with Gasteiger partial charge in [-0.25, -0.2) is 8.78 Å². The highest BCUT2D eigenvalue weighted by atomic mass is 19.1. The van der Waals surface area contributed by atoms with Gasteiger partial charge in [0.05, 0.1) is 5.92 Å². The van der Waals surface area contributed by atoms with E-state index in [0.29, 0.717) is 41.0 Å². The lowest BCUT2D eigenvalue weighted by Crippen LogP contribution is -2.37. The van der Waals surface area contributed by atoms with Crippen LogP contribution in [-0.2, 0) is 11.2 Å². The molecule has 0 radical (unpaired) electrons. The molecule has 1 aliphatic carbocycles. The fourth-order valence-electron chi connectivity index (χ4n) is 3.82. The first-order valence-corrected chi connectivity index (χ1v) is 9.27. The van der Waals surface area contributed by atoms with Crippen LogP contribution in [0.4, 0.5) is 8.78 Å². The van der Waals surface area contributed by atoms with Gasteiger partial charge in [-0.05, 0) is 59.9 Å². The van der Waals surface area contributed by atoms with Gasteiger partial charge in [0, 0.05) is 17.7 Å². The van der Waals surface area contributed by atoms with Crippen molar-refractivity contribution in [2.45, 2.75) is 24.8 Å². The number of nitrogens with two attached hydrogens (primary N) is 1. The number of fused-ring (bicyclic) bond motifs is 1. The zero-order chi connectivity index (χ0) is 20.5. The molecule has 0 amide bonds. The van der Waals surface area contributed by atoms with Gasteiger partial charge >= 0.3 is 5.97 Å². The molecular formula is C23H19F2NO3. The summed E-state index contributed by atoms with van der Waals surface area (Å²) in [5.74, 6) is -2.28. The monoisotopic (exact) mass is 395 g/mol. The SMILES string of the molecule is NC1CCc2ccc(Oc3ccccc3-c3cc(F)cc(F)c3)cc2C1C(=O)O. The van der Waals surface area contributed by atoms with Crippen molar-refractivity contribution in [1.82, 2.24) is 0 Å². The maximum atomic E-state index is 13.7. The summed E-state index contributed by atoms with van der Waals surface area (Å²) in [7, 11) is 0. The molecule has 4 nitrogen and oxygen atoms in total. The van der Waals surface area contributed by atoms with E-state index in [0.717, 1.165) is 11.6 Å². The fraction of sp³-hybridized carbons (Fsp3) is 0.174. The zero-order valence-corrected chi connectivity index (χ0v) is 15.4. The molecule has 3 aromatic rings. The standard InChI is InChI=1S/C23H19F2NO3/c24-15-9-14(10-16(25)11-15)18-3-1-2-4-21(18)29-17-7-5-13-6-8-20(26)22(23(27)28)19(13)12-17/h1-5,7,9-12,20,22H,6,8,26H2,(H,27,28). The molecule has 0 fully saturated rings. The van der Waals surface area contributed by atoms with Crippen LogP contribution in [0.5, 0.6) is 11.5 Å². The van der Waals surface area contributed by atoms with Crippen molar-refractivity contribution in [2.24, 2.45) is 5.73 Å². The van der Waals surface area contributed by atoms with Gasteiger partial charge in [0.2, 0.25) is 0 Å². The normalized spacial score (nSPS) is 18.2. The van der Waals surface area contributed by atoms with Gasteiger partial charge < -0.3 is 15.6 Å². The van der Waals surface area contributed by atoms with Gasteiger partial charge in [-0.1, -0.05) is 24.3 Å². The second-order valence-electron chi connectivity index (χ2n) is 7.14. The number of aryl methyl sites for hydroxylation is 1. The Hall–Kier alpha value is -3.25. The highest BCUT2D eigenvalue weighted by molar-refractivity contribution is 5.78. The first-order chi connectivity index (χ1) is 13.9. The van der Waals surface area contributed by atoms with Gasteiger partial charge in [-0.3, -0.25) is 4.79 Å². The molecule has 2 atom stereocenters. The van der Waals surface area contributed by atoms with Crippen molar-refractivity contribution < 1.29 is 23.4 Å². The minimum Gasteiger partial charge on any atom is -0.481 e. The van der Waals surface area contributed by atoms with Crippen LogP contribution in [0.3, 0.4) is 0 Å². The number of para-hydroxylation sites is 1. The summed E-state index contributed by atoms with van der Waals surface area (Å²) in [4.78, 5) is 11.7. The van der Waals surface area contributed by atoms with Crippen LogP contribution in [0.1, 0.15) is 23.5 Å². The van der Waals surface area contributed by atoms with E-state index in [9.17, 15) is 18.7 Å². The Morgan fingerprint density at radius 1 is 1.03 bits per heavy atom. The van der Waals surface area contributed by atoms with Crippen LogP contribution in [0.2, 0.25) is 0 Å². The van der Waals surface area contributed by atoms with E-state index in [4.69, 9.17) is 10.5 Å². The number of hydrogen-bond donors (Lipinski definition) is 2. The third-order valence-electron chi connectivity index (χ3n) is 5.18. The molecule has 0 aromatic heterocycles. The van der Waals surface area contributed by atoms with E-state index in [1.165, 1.54) is 12.1 Å². The Morgan fingerprint density at radius 2 is 1.76 bits per heavy atom. The average molecular weight is 395 g/mol. The number of carboxylic acid groups (broad SMARTS) is 1. The maximum Gasteiger partial charge on any atom is 0.312 e. The highest BCUT2D eigenvalue weighted by Gasteiger charge is 2.33. The lowest BCUT2D eigenvalue weighted by molar-refractivity contribution is -0.139. The first-order valence-electron chi connectivity index (χ1n) is 9.27. The molecule has 0 saturated heterocycles. The third-order valence-corrected chi connectivity index (χ3v) is 5.18. The van der Waals surface area contributed by atoms with Crippen LogP contribution in [0, 0.1) is 11.6 Å². The van der Waals surface area contributed by atoms with Gasteiger partial charge in [0.25, 0.3) is 0 Å². The molecule has 6 heteroatoms. The van der Waals surface area contributed by atoms with Gasteiger partial charge in [-0.15, -0.1) is 0 Å². The average Bonchev–Trinajstić information content (AvgIpc) is 2.67. The number of halogens is 2. The Labute approximate surface area is 166 Å². The molecule has 2 unspecified atom stereocenters. The van der Waals surface area contributed by atoms with Crippen LogP contribution < -0.4 is 10.5 Å². The van der Waals surface area contributed by atoms with Gasteiger partial charge in [0.1, 0.15) is 23.1 Å². The molecular weight excluding hydrogens is 376 g/mol. The Kier molecular flexibility index (Phi) is 5.03. The van der Waals surface area contributed by atoms with E-state index >= 15 is 0 Å². The predicted molar refractivity (Wildman–Crippen MR) is 105 cm³/mol. The number of hydrogen-bond acceptors (Lipinski definition) is 3. The first kappa shape index (κ1) is 19.1. The smallest absolute Gasteiger partial charge is 0.312 e. The minimum atomic E-state index is -0.966. The lowest BCUT2D eigenvalue weighted by atomic mass is 9.79. The number of carboxylic acids is 1. The van der Waals surface area contributed by atoms with Crippen LogP contribution in [0.25, 0.3) is 11.1 Å². The quantitative estimate of drug-likeness (QED) is 0.661. The van der Waals surface area contributed by atoms with E-state index in [1.54, 1.807) is 36.4 Å². The molecule has 3 aromatic carbocycles. The Balaban J connectivity index is 1.72. The van der Waals surface area contributed by atoms with Gasteiger partial charge in [0.15, 0.2) is 0 Å². The predicted octanol–water partition coefficient (Wildman–Crippen LogP) is 4.87. The van der Waals surface area contributed by atoms with Crippen LogP contribution in [-0.4, -0.2) is 17.1 Å². The summed E-state index contributed by atoms with van der Waals surface area (Å²) in [6.07, 6.45) is 1.32. The maximum absolute atomic E-state index is 13.7. The van der Waals surface area contributed by atoms with E-state index in [1.807, 2.05) is 6.07 Å². The van der Waals surface area contributed by atoms with E-state index in [-0.39, 0.29) is 0 Å². The summed E-state index contributed by atoms with van der Waals surface area (Å²) in [5, 5.41) is 9.59. The molecule has 29 heavy (non-hydrogen) atoms.